The highest BCUT2D eigenvalue weighted by Crippen LogP contribution is 2.59. The van der Waals surface area contributed by atoms with Crippen molar-refractivity contribution < 1.29 is 4.42 Å². The average molecular weight is 626 g/mol. The van der Waals surface area contributed by atoms with E-state index in [1.54, 1.807) is 0 Å². The summed E-state index contributed by atoms with van der Waals surface area (Å²) in [5.74, 6) is 0. The monoisotopic (exact) mass is 625 g/mol. The second-order valence-corrected chi connectivity index (χ2v) is 12.8. The van der Waals surface area contributed by atoms with Crippen molar-refractivity contribution in [1.82, 2.24) is 0 Å². The maximum absolute atomic E-state index is 6.83. The molecule has 0 aliphatic heterocycles. The fourth-order valence-electron chi connectivity index (χ4n) is 8.29. The molecule has 0 bridgehead atoms. The molecule has 0 spiro atoms. The largest absolute Gasteiger partial charge is 0.455 e. The molecule has 1 aliphatic carbocycles. The fraction of sp³-hybridized carbons (Fsp3) is 0.0213. The van der Waals surface area contributed by atoms with Crippen LogP contribution in [-0.4, -0.2) is 0 Å². The summed E-state index contributed by atoms with van der Waals surface area (Å²) in [5.41, 5.74) is 11.9. The molecule has 0 saturated heterocycles. The maximum atomic E-state index is 6.83. The summed E-state index contributed by atoms with van der Waals surface area (Å²) < 4.78 is 6.83. The molecule has 0 N–H and O–H groups in total. The van der Waals surface area contributed by atoms with Gasteiger partial charge in [0.15, 0.2) is 0 Å². The van der Waals surface area contributed by atoms with Gasteiger partial charge in [-0.05, 0) is 69.6 Å². The van der Waals surface area contributed by atoms with Crippen LogP contribution in [-0.2, 0) is 5.41 Å². The second-order valence-electron chi connectivity index (χ2n) is 12.8. The molecular formula is C47H31NO. The Morgan fingerprint density at radius 2 is 1.04 bits per heavy atom. The van der Waals surface area contributed by atoms with Crippen molar-refractivity contribution in [3.8, 4) is 11.1 Å². The molecule has 2 nitrogen and oxygen atoms in total. The summed E-state index contributed by atoms with van der Waals surface area (Å²) >= 11 is 0. The van der Waals surface area contributed by atoms with Crippen molar-refractivity contribution >= 4 is 49.8 Å². The van der Waals surface area contributed by atoms with E-state index in [0.29, 0.717) is 0 Å². The van der Waals surface area contributed by atoms with E-state index in [1.165, 1.54) is 38.6 Å². The summed E-state index contributed by atoms with van der Waals surface area (Å²) in [7, 11) is 0. The SMILES string of the molecule is c1ccc(N(c2ccc3c(c2)-c2c(ccc4c2oc2ccccc24)C3(c2ccccc2)c2ccccc2)c2cccc3ccccc23)cc1. The average Bonchev–Trinajstić information content (AvgIpc) is 3.70. The Morgan fingerprint density at radius 1 is 0.429 bits per heavy atom. The van der Waals surface area contributed by atoms with Crippen molar-refractivity contribution in [1.29, 1.82) is 0 Å². The molecule has 0 fully saturated rings. The smallest absolute Gasteiger partial charge is 0.143 e. The molecule has 0 amide bonds. The second kappa shape index (κ2) is 10.8. The summed E-state index contributed by atoms with van der Waals surface area (Å²) in [5, 5.41) is 4.69. The van der Waals surface area contributed by atoms with Crippen LogP contribution in [0.2, 0.25) is 0 Å². The molecule has 0 unspecified atom stereocenters. The number of fused-ring (bicyclic) bond motifs is 8. The van der Waals surface area contributed by atoms with Gasteiger partial charge in [0, 0.05) is 33.1 Å². The third-order valence-electron chi connectivity index (χ3n) is 10.3. The van der Waals surface area contributed by atoms with Crippen LogP contribution in [0.5, 0.6) is 0 Å². The van der Waals surface area contributed by atoms with Crippen LogP contribution in [0, 0.1) is 0 Å². The number of rotatable bonds is 5. The standard InChI is InChI=1S/C47H31NO/c1-4-17-33(18-5-1)47(34-19-6-2-7-20-34)41-29-27-36(31-40(41)45-42(47)30-28-39-38-24-12-13-26-44(38)49-46(39)45)48(35-21-8-3-9-22-35)43-25-14-16-32-15-10-11-23-37(32)43/h1-31H. The summed E-state index contributed by atoms with van der Waals surface area (Å²) in [6, 6.07) is 67.9. The topological polar surface area (TPSA) is 16.4 Å². The molecule has 1 heterocycles. The highest BCUT2D eigenvalue weighted by molar-refractivity contribution is 6.13. The first kappa shape index (κ1) is 27.7. The fourth-order valence-corrected chi connectivity index (χ4v) is 8.29. The molecular weight excluding hydrogens is 595 g/mol. The first-order valence-corrected chi connectivity index (χ1v) is 16.9. The van der Waals surface area contributed by atoms with E-state index < -0.39 is 5.41 Å². The molecule has 230 valence electrons. The van der Waals surface area contributed by atoms with E-state index in [-0.39, 0.29) is 0 Å². The van der Waals surface area contributed by atoms with Crippen LogP contribution >= 0.6 is 0 Å². The van der Waals surface area contributed by atoms with Gasteiger partial charge in [0.25, 0.3) is 0 Å². The highest BCUT2D eigenvalue weighted by Gasteiger charge is 2.47. The van der Waals surface area contributed by atoms with Gasteiger partial charge in [-0.15, -0.1) is 0 Å². The van der Waals surface area contributed by atoms with Gasteiger partial charge in [0.1, 0.15) is 11.2 Å². The first-order valence-electron chi connectivity index (χ1n) is 16.9. The number of benzene rings is 8. The minimum absolute atomic E-state index is 0.532. The minimum atomic E-state index is -0.532. The summed E-state index contributed by atoms with van der Waals surface area (Å²) in [6.45, 7) is 0. The zero-order chi connectivity index (χ0) is 32.4. The van der Waals surface area contributed by atoms with Crippen LogP contribution in [0.1, 0.15) is 22.3 Å². The van der Waals surface area contributed by atoms with Crippen molar-refractivity contribution in [3.05, 3.63) is 210 Å². The lowest BCUT2D eigenvalue weighted by molar-refractivity contribution is 0.669. The molecule has 1 aromatic heterocycles. The number of furan rings is 1. The van der Waals surface area contributed by atoms with Gasteiger partial charge < -0.3 is 9.32 Å². The van der Waals surface area contributed by atoms with Crippen LogP contribution in [0.15, 0.2) is 192 Å². The van der Waals surface area contributed by atoms with Crippen LogP contribution in [0.3, 0.4) is 0 Å². The van der Waals surface area contributed by atoms with E-state index in [1.807, 2.05) is 0 Å². The van der Waals surface area contributed by atoms with Gasteiger partial charge in [-0.3, -0.25) is 0 Å². The molecule has 49 heavy (non-hydrogen) atoms. The molecule has 8 aromatic carbocycles. The lowest BCUT2D eigenvalue weighted by Crippen LogP contribution is -2.28. The van der Waals surface area contributed by atoms with E-state index in [4.69, 9.17) is 4.42 Å². The lowest BCUT2D eigenvalue weighted by Gasteiger charge is -2.34. The van der Waals surface area contributed by atoms with Gasteiger partial charge in [-0.1, -0.05) is 152 Å². The predicted molar refractivity (Wildman–Crippen MR) is 203 cm³/mol. The van der Waals surface area contributed by atoms with Gasteiger partial charge in [0.2, 0.25) is 0 Å². The molecule has 0 atom stereocenters. The van der Waals surface area contributed by atoms with E-state index >= 15 is 0 Å². The van der Waals surface area contributed by atoms with Gasteiger partial charge in [-0.2, -0.15) is 0 Å². The Morgan fingerprint density at radius 3 is 1.80 bits per heavy atom. The quantitative estimate of drug-likeness (QED) is 0.189. The number of nitrogens with zero attached hydrogens (tertiary/aromatic N) is 1. The minimum Gasteiger partial charge on any atom is -0.455 e. The maximum Gasteiger partial charge on any atom is 0.143 e. The zero-order valence-electron chi connectivity index (χ0n) is 26.8. The van der Waals surface area contributed by atoms with Crippen LogP contribution in [0.4, 0.5) is 17.1 Å². The number of anilines is 3. The number of para-hydroxylation sites is 2. The Balaban J connectivity index is 1.33. The Hall–Kier alpha value is -6.38. The lowest BCUT2D eigenvalue weighted by atomic mass is 9.67. The summed E-state index contributed by atoms with van der Waals surface area (Å²) in [4.78, 5) is 2.39. The van der Waals surface area contributed by atoms with E-state index in [9.17, 15) is 0 Å². The van der Waals surface area contributed by atoms with E-state index in [2.05, 4.69) is 193 Å². The number of hydrogen-bond acceptors (Lipinski definition) is 2. The van der Waals surface area contributed by atoms with E-state index in [0.717, 1.165) is 44.6 Å². The normalized spacial score (nSPS) is 13.1. The molecule has 1 aliphatic rings. The summed E-state index contributed by atoms with van der Waals surface area (Å²) in [6.07, 6.45) is 0. The van der Waals surface area contributed by atoms with Crippen molar-refractivity contribution in [2.45, 2.75) is 5.41 Å². The number of hydrogen-bond donors (Lipinski definition) is 0. The molecule has 2 heteroatoms. The Bertz CT molecular complexity index is 2610. The molecule has 10 rings (SSSR count). The highest BCUT2D eigenvalue weighted by atomic mass is 16.3. The van der Waals surface area contributed by atoms with Gasteiger partial charge in [0.05, 0.1) is 11.1 Å². The first-order chi connectivity index (χ1) is 24.3. The zero-order valence-corrected chi connectivity index (χ0v) is 26.8. The third kappa shape index (κ3) is 4.01. The third-order valence-corrected chi connectivity index (χ3v) is 10.3. The molecule has 0 saturated carbocycles. The van der Waals surface area contributed by atoms with Crippen molar-refractivity contribution in [3.63, 3.8) is 0 Å². The molecule has 0 radical (unpaired) electrons. The van der Waals surface area contributed by atoms with Gasteiger partial charge in [-0.25, -0.2) is 0 Å². The Labute approximate surface area is 285 Å². The Kier molecular flexibility index (Phi) is 6.13. The van der Waals surface area contributed by atoms with Crippen LogP contribution < -0.4 is 4.90 Å². The van der Waals surface area contributed by atoms with Gasteiger partial charge >= 0.3 is 0 Å². The molecule has 9 aromatic rings. The van der Waals surface area contributed by atoms with Crippen LogP contribution in [0.25, 0.3) is 43.8 Å². The van der Waals surface area contributed by atoms with Crippen molar-refractivity contribution in [2.24, 2.45) is 0 Å². The van der Waals surface area contributed by atoms with Crippen molar-refractivity contribution in [2.75, 3.05) is 4.90 Å². The predicted octanol–water partition coefficient (Wildman–Crippen LogP) is 12.6.